The minimum absolute atomic E-state index is 0.0965. The van der Waals surface area contributed by atoms with Gasteiger partial charge in [0, 0.05) is 60.4 Å². The van der Waals surface area contributed by atoms with Crippen LogP contribution in [0.25, 0.3) is 21.9 Å². The number of hydrogen-bond acceptors (Lipinski definition) is 5. The van der Waals surface area contributed by atoms with Crippen LogP contribution in [-0.2, 0) is 4.79 Å². The van der Waals surface area contributed by atoms with Crippen LogP contribution in [0.1, 0.15) is 6.92 Å². The Labute approximate surface area is 200 Å². The van der Waals surface area contributed by atoms with Gasteiger partial charge in [0.25, 0.3) is 0 Å². The molecule has 4 aromatic rings. The number of aromatic amines is 1. The SMILES string of the molecule is CC(=O)Nc1ccc(NC(=S)N2CCN(c3ncnc4[nH]c5ccc(Cl)cc5c34)CC2)cc1. The van der Waals surface area contributed by atoms with E-state index in [1.54, 1.807) is 6.33 Å². The topological polar surface area (TPSA) is 89.2 Å². The third-order valence-corrected chi connectivity index (χ3v) is 6.25. The van der Waals surface area contributed by atoms with Gasteiger partial charge >= 0.3 is 0 Å². The maximum Gasteiger partial charge on any atom is 0.221 e. The van der Waals surface area contributed by atoms with Gasteiger partial charge in [-0.25, -0.2) is 9.97 Å². The van der Waals surface area contributed by atoms with Crippen molar-refractivity contribution in [2.75, 3.05) is 41.7 Å². The molecule has 2 aromatic heterocycles. The van der Waals surface area contributed by atoms with Crippen LogP contribution >= 0.6 is 23.8 Å². The van der Waals surface area contributed by atoms with Gasteiger partial charge in [0.1, 0.15) is 17.8 Å². The normalized spacial score (nSPS) is 14.0. The molecule has 8 nitrogen and oxygen atoms in total. The Balaban J connectivity index is 1.28. The van der Waals surface area contributed by atoms with Crippen molar-refractivity contribution in [1.82, 2.24) is 19.9 Å². The molecule has 10 heteroatoms. The Kier molecular flexibility index (Phi) is 5.74. The first kappa shape index (κ1) is 21.4. The van der Waals surface area contributed by atoms with Crippen LogP contribution in [0, 0.1) is 0 Å². The summed E-state index contributed by atoms with van der Waals surface area (Å²) in [5.41, 5.74) is 3.43. The molecule has 0 saturated carbocycles. The number of nitrogens with one attached hydrogen (secondary N) is 3. The maximum atomic E-state index is 11.2. The Morgan fingerprint density at radius 1 is 1.03 bits per heavy atom. The molecule has 0 radical (unpaired) electrons. The molecule has 2 aromatic carbocycles. The highest BCUT2D eigenvalue weighted by Crippen LogP contribution is 2.33. The fourth-order valence-electron chi connectivity index (χ4n) is 4.08. The monoisotopic (exact) mass is 479 g/mol. The summed E-state index contributed by atoms with van der Waals surface area (Å²) in [6, 6.07) is 13.3. The van der Waals surface area contributed by atoms with E-state index in [9.17, 15) is 4.79 Å². The molecule has 0 atom stereocenters. The number of H-pyrrole nitrogens is 1. The van der Waals surface area contributed by atoms with E-state index in [-0.39, 0.29) is 5.91 Å². The number of thiocarbonyl (C=S) groups is 1. The lowest BCUT2D eigenvalue weighted by molar-refractivity contribution is -0.114. The van der Waals surface area contributed by atoms with Crippen molar-refractivity contribution in [2.24, 2.45) is 0 Å². The second-order valence-electron chi connectivity index (χ2n) is 7.90. The first-order valence-electron chi connectivity index (χ1n) is 10.6. The van der Waals surface area contributed by atoms with Crippen LogP contribution in [0.4, 0.5) is 17.2 Å². The number of carbonyl (C=O) groups is 1. The number of hydrogen-bond donors (Lipinski definition) is 3. The van der Waals surface area contributed by atoms with Gasteiger partial charge < -0.3 is 25.4 Å². The van der Waals surface area contributed by atoms with Crippen molar-refractivity contribution in [3.63, 3.8) is 0 Å². The second kappa shape index (κ2) is 8.84. The molecule has 0 unspecified atom stereocenters. The summed E-state index contributed by atoms with van der Waals surface area (Å²) >= 11 is 11.9. The molecule has 1 fully saturated rings. The number of amides is 1. The lowest BCUT2D eigenvalue weighted by atomic mass is 10.2. The third-order valence-electron chi connectivity index (χ3n) is 5.65. The van der Waals surface area contributed by atoms with Crippen LogP contribution in [-0.4, -0.2) is 57.1 Å². The Morgan fingerprint density at radius 3 is 2.42 bits per heavy atom. The Hall–Kier alpha value is -3.43. The molecule has 168 valence electrons. The van der Waals surface area contributed by atoms with Gasteiger partial charge in [-0.2, -0.15) is 0 Å². The number of halogens is 1. The maximum absolute atomic E-state index is 11.2. The average molecular weight is 480 g/mol. The van der Waals surface area contributed by atoms with Gasteiger partial charge in [-0.05, 0) is 54.7 Å². The van der Waals surface area contributed by atoms with Crippen molar-refractivity contribution in [2.45, 2.75) is 6.92 Å². The Bertz CT molecular complexity index is 1350. The molecule has 0 spiro atoms. The number of carbonyl (C=O) groups excluding carboxylic acids is 1. The van der Waals surface area contributed by atoms with E-state index in [0.29, 0.717) is 10.1 Å². The average Bonchev–Trinajstić information content (AvgIpc) is 3.18. The van der Waals surface area contributed by atoms with E-state index in [0.717, 1.165) is 65.3 Å². The van der Waals surface area contributed by atoms with Crippen LogP contribution in [0.2, 0.25) is 5.02 Å². The number of piperazine rings is 1. The molecule has 5 rings (SSSR count). The second-order valence-corrected chi connectivity index (χ2v) is 8.72. The first-order chi connectivity index (χ1) is 16.0. The van der Waals surface area contributed by atoms with Gasteiger partial charge in [-0.3, -0.25) is 4.79 Å². The number of fused-ring (bicyclic) bond motifs is 3. The first-order valence-corrected chi connectivity index (χ1v) is 11.4. The predicted molar refractivity (Wildman–Crippen MR) is 137 cm³/mol. The van der Waals surface area contributed by atoms with Gasteiger partial charge in [-0.15, -0.1) is 0 Å². The number of aromatic nitrogens is 3. The van der Waals surface area contributed by atoms with E-state index < -0.39 is 0 Å². The molecular formula is C23H22ClN7OS. The van der Waals surface area contributed by atoms with Gasteiger partial charge in [-0.1, -0.05) is 11.6 Å². The Morgan fingerprint density at radius 2 is 1.73 bits per heavy atom. The van der Waals surface area contributed by atoms with E-state index in [2.05, 4.69) is 35.4 Å². The molecule has 1 saturated heterocycles. The molecule has 1 aliphatic rings. The zero-order chi connectivity index (χ0) is 22.9. The molecule has 33 heavy (non-hydrogen) atoms. The van der Waals surface area contributed by atoms with Crippen molar-refractivity contribution in [3.05, 3.63) is 53.8 Å². The number of benzene rings is 2. The standard InChI is InChI=1S/C23H22ClN7OS/c1-14(32)27-16-3-5-17(6-4-16)28-23(33)31-10-8-30(9-11-31)22-20-18-12-15(24)2-7-19(18)29-21(20)25-13-26-22/h2-7,12-13H,8-11H2,1H3,(H,27,32)(H,28,33)(H,25,26,29). The summed E-state index contributed by atoms with van der Waals surface area (Å²) in [6.07, 6.45) is 1.60. The molecule has 0 bridgehead atoms. The number of rotatable bonds is 3. The smallest absolute Gasteiger partial charge is 0.221 e. The van der Waals surface area contributed by atoms with Crippen molar-refractivity contribution in [1.29, 1.82) is 0 Å². The summed E-state index contributed by atoms with van der Waals surface area (Å²) in [6.45, 7) is 4.58. The van der Waals surface area contributed by atoms with Gasteiger partial charge in [0.15, 0.2) is 5.11 Å². The summed E-state index contributed by atoms with van der Waals surface area (Å²) in [5.74, 6) is 0.807. The number of nitrogens with zero attached hydrogens (tertiary/aromatic N) is 4. The molecule has 0 aliphatic carbocycles. The minimum Gasteiger partial charge on any atom is -0.352 e. The highest BCUT2D eigenvalue weighted by atomic mass is 35.5. The fourth-order valence-corrected chi connectivity index (χ4v) is 4.56. The van der Waals surface area contributed by atoms with Crippen LogP contribution in [0.15, 0.2) is 48.8 Å². The summed E-state index contributed by atoms with van der Waals surface area (Å²) in [7, 11) is 0. The number of anilines is 3. The van der Waals surface area contributed by atoms with E-state index >= 15 is 0 Å². The molecule has 3 N–H and O–H groups in total. The highest BCUT2D eigenvalue weighted by Gasteiger charge is 2.23. The zero-order valence-electron chi connectivity index (χ0n) is 17.9. The molecule has 1 amide bonds. The van der Waals surface area contributed by atoms with Crippen molar-refractivity contribution < 1.29 is 4.79 Å². The van der Waals surface area contributed by atoms with Crippen LogP contribution < -0.4 is 15.5 Å². The predicted octanol–water partition coefficient (Wildman–Crippen LogP) is 4.24. The molecule has 1 aliphatic heterocycles. The largest absolute Gasteiger partial charge is 0.352 e. The third kappa shape index (κ3) is 4.42. The van der Waals surface area contributed by atoms with E-state index in [4.69, 9.17) is 23.8 Å². The van der Waals surface area contributed by atoms with Gasteiger partial charge in [0.2, 0.25) is 5.91 Å². The van der Waals surface area contributed by atoms with Crippen molar-refractivity contribution in [3.8, 4) is 0 Å². The summed E-state index contributed by atoms with van der Waals surface area (Å²) < 4.78 is 0. The minimum atomic E-state index is -0.0965. The fraction of sp³-hybridized carbons (Fsp3) is 0.217. The summed E-state index contributed by atoms with van der Waals surface area (Å²) in [4.78, 5) is 28.0. The van der Waals surface area contributed by atoms with Gasteiger partial charge in [0.05, 0.1) is 5.39 Å². The van der Waals surface area contributed by atoms with Crippen LogP contribution in [0.3, 0.4) is 0 Å². The zero-order valence-corrected chi connectivity index (χ0v) is 19.5. The van der Waals surface area contributed by atoms with E-state index in [1.165, 1.54) is 6.92 Å². The van der Waals surface area contributed by atoms with Crippen LogP contribution in [0.5, 0.6) is 0 Å². The lowest BCUT2D eigenvalue weighted by Gasteiger charge is -2.37. The highest BCUT2D eigenvalue weighted by molar-refractivity contribution is 7.80. The molecular weight excluding hydrogens is 458 g/mol. The van der Waals surface area contributed by atoms with E-state index in [1.807, 2.05) is 42.5 Å². The summed E-state index contributed by atoms with van der Waals surface area (Å²) in [5, 5.41) is 9.41. The quantitative estimate of drug-likeness (QED) is 0.379. The molecule has 3 heterocycles. The van der Waals surface area contributed by atoms with Crippen molar-refractivity contribution >= 4 is 74.0 Å². The lowest BCUT2D eigenvalue weighted by Crippen LogP contribution is -2.50.